The summed E-state index contributed by atoms with van der Waals surface area (Å²) in [5.41, 5.74) is 0. The minimum absolute atomic E-state index is 0.347. The Balaban J connectivity index is 2.15. The van der Waals surface area contributed by atoms with Crippen molar-refractivity contribution < 1.29 is 14.2 Å². The Kier molecular flexibility index (Phi) is 8.62. The molecule has 4 nitrogen and oxygen atoms in total. The summed E-state index contributed by atoms with van der Waals surface area (Å²) in [6.45, 7) is 7.52. The first kappa shape index (κ1) is 16.9. The van der Waals surface area contributed by atoms with Crippen LogP contribution in [0.2, 0.25) is 0 Å². The Morgan fingerprint density at radius 2 is 1.84 bits per heavy atom. The van der Waals surface area contributed by atoms with Gasteiger partial charge in [-0.25, -0.2) is 0 Å². The highest BCUT2D eigenvalue weighted by atomic mass is 16.5. The highest BCUT2D eigenvalue weighted by Crippen LogP contribution is 2.30. The van der Waals surface area contributed by atoms with Crippen molar-refractivity contribution in [2.45, 2.75) is 45.3 Å². The molecule has 1 aliphatic rings. The number of likely N-dealkylation sites (N-methyl/N-ethyl adjacent to an activating group) is 1. The molecule has 4 heteroatoms. The molecule has 1 N–H and O–H groups in total. The maximum atomic E-state index is 6.08. The molecule has 1 fully saturated rings. The Morgan fingerprint density at radius 3 is 2.53 bits per heavy atom. The predicted molar refractivity (Wildman–Crippen MR) is 77.5 cm³/mol. The van der Waals surface area contributed by atoms with Crippen LogP contribution >= 0.6 is 0 Å². The molecule has 0 spiro atoms. The van der Waals surface area contributed by atoms with E-state index in [1.165, 1.54) is 12.8 Å². The molecular formula is C15H31NO3. The molecule has 19 heavy (non-hydrogen) atoms. The summed E-state index contributed by atoms with van der Waals surface area (Å²) >= 11 is 0. The van der Waals surface area contributed by atoms with Gasteiger partial charge in [0, 0.05) is 26.4 Å². The van der Waals surface area contributed by atoms with Crippen molar-refractivity contribution >= 4 is 0 Å². The molecule has 0 aromatic rings. The number of nitrogens with one attached hydrogen (secondary N) is 1. The molecule has 0 radical (unpaired) electrons. The predicted octanol–water partition coefficient (Wildman–Crippen LogP) is 2.08. The average molecular weight is 273 g/mol. The standard InChI is InChI=1S/C15H31NO3/c1-12-10-13(2)15(14(11-12)16-3)19-7-5-6-18-9-8-17-4/h12-16H,5-11H2,1-4H3. The van der Waals surface area contributed by atoms with Crippen LogP contribution in [0.1, 0.15) is 33.1 Å². The van der Waals surface area contributed by atoms with E-state index in [1.807, 2.05) is 7.05 Å². The number of hydrogen-bond donors (Lipinski definition) is 1. The van der Waals surface area contributed by atoms with Gasteiger partial charge >= 0.3 is 0 Å². The lowest BCUT2D eigenvalue weighted by atomic mass is 9.78. The van der Waals surface area contributed by atoms with Gasteiger partial charge in [0.25, 0.3) is 0 Å². The van der Waals surface area contributed by atoms with Crippen molar-refractivity contribution in [3.8, 4) is 0 Å². The van der Waals surface area contributed by atoms with Crippen LogP contribution < -0.4 is 5.32 Å². The minimum Gasteiger partial charge on any atom is -0.382 e. The van der Waals surface area contributed by atoms with Gasteiger partial charge in [-0.05, 0) is 38.1 Å². The first-order valence-electron chi connectivity index (χ1n) is 7.54. The van der Waals surface area contributed by atoms with Crippen molar-refractivity contribution in [3.05, 3.63) is 0 Å². The summed E-state index contributed by atoms with van der Waals surface area (Å²) in [6.07, 6.45) is 3.79. The van der Waals surface area contributed by atoms with E-state index in [1.54, 1.807) is 7.11 Å². The van der Waals surface area contributed by atoms with E-state index >= 15 is 0 Å². The van der Waals surface area contributed by atoms with Gasteiger partial charge in [0.05, 0.1) is 19.3 Å². The molecule has 4 atom stereocenters. The maximum Gasteiger partial charge on any atom is 0.0753 e. The third-order valence-electron chi connectivity index (χ3n) is 3.93. The summed E-state index contributed by atoms with van der Waals surface area (Å²) < 4.78 is 16.5. The van der Waals surface area contributed by atoms with Gasteiger partial charge in [0.2, 0.25) is 0 Å². The molecule has 0 amide bonds. The van der Waals surface area contributed by atoms with Gasteiger partial charge < -0.3 is 19.5 Å². The van der Waals surface area contributed by atoms with E-state index in [2.05, 4.69) is 19.2 Å². The molecule has 0 saturated heterocycles. The van der Waals surface area contributed by atoms with Gasteiger partial charge in [-0.1, -0.05) is 13.8 Å². The van der Waals surface area contributed by atoms with Crippen LogP contribution in [-0.2, 0) is 14.2 Å². The Bertz CT molecular complexity index is 225. The van der Waals surface area contributed by atoms with E-state index in [9.17, 15) is 0 Å². The third-order valence-corrected chi connectivity index (χ3v) is 3.93. The van der Waals surface area contributed by atoms with E-state index in [0.29, 0.717) is 31.3 Å². The molecular weight excluding hydrogens is 242 g/mol. The second-order valence-electron chi connectivity index (χ2n) is 5.74. The Labute approximate surface area is 118 Å². The molecule has 0 aliphatic heterocycles. The van der Waals surface area contributed by atoms with Gasteiger partial charge in [0.15, 0.2) is 0 Å². The topological polar surface area (TPSA) is 39.7 Å². The Morgan fingerprint density at radius 1 is 1.05 bits per heavy atom. The number of hydrogen-bond acceptors (Lipinski definition) is 4. The molecule has 0 heterocycles. The molecule has 1 saturated carbocycles. The second-order valence-corrected chi connectivity index (χ2v) is 5.74. The van der Waals surface area contributed by atoms with Crippen LogP contribution in [0.15, 0.2) is 0 Å². The minimum atomic E-state index is 0.347. The summed E-state index contributed by atoms with van der Waals surface area (Å²) in [7, 11) is 3.73. The maximum absolute atomic E-state index is 6.08. The first-order chi connectivity index (χ1) is 9.19. The largest absolute Gasteiger partial charge is 0.382 e. The van der Waals surface area contributed by atoms with Crippen molar-refractivity contribution in [1.29, 1.82) is 0 Å². The molecule has 0 bridgehead atoms. The lowest BCUT2D eigenvalue weighted by molar-refractivity contribution is -0.0435. The monoisotopic (exact) mass is 273 g/mol. The van der Waals surface area contributed by atoms with Crippen LogP contribution in [0.3, 0.4) is 0 Å². The van der Waals surface area contributed by atoms with Crippen molar-refractivity contribution in [2.75, 3.05) is 40.6 Å². The van der Waals surface area contributed by atoms with Crippen molar-refractivity contribution in [1.82, 2.24) is 5.32 Å². The average Bonchev–Trinajstić information content (AvgIpc) is 2.39. The smallest absolute Gasteiger partial charge is 0.0753 e. The van der Waals surface area contributed by atoms with Crippen LogP contribution in [0.5, 0.6) is 0 Å². The molecule has 0 aromatic heterocycles. The van der Waals surface area contributed by atoms with E-state index in [0.717, 1.165) is 25.6 Å². The van der Waals surface area contributed by atoms with Gasteiger partial charge in [-0.2, -0.15) is 0 Å². The van der Waals surface area contributed by atoms with Gasteiger partial charge in [-0.15, -0.1) is 0 Å². The quantitative estimate of drug-likeness (QED) is 0.653. The highest BCUT2D eigenvalue weighted by Gasteiger charge is 2.33. The van der Waals surface area contributed by atoms with E-state index in [-0.39, 0.29) is 0 Å². The number of ether oxygens (including phenoxy) is 3. The fourth-order valence-electron chi connectivity index (χ4n) is 3.02. The fourth-order valence-corrected chi connectivity index (χ4v) is 3.02. The molecule has 114 valence electrons. The highest BCUT2D eigenvalue weighted by molar-refractivity contribution is 4.87. The Hall–Kier alpha value is -0.160. The van der Waals surface area contributed by atoms with E-state index in [4.69, 9.17) is 14.2 Å². The van der Waals surface area contributed by atoms with Gasteiger partial charge in [0.1, 0.15) is 0 Å². The van der Waals surface area contributed by atoms with Crippen molar-refractivity contribution in [3.63, 3.8) is 0 Å². The number of methoxy groups -OCH3 is 1. The van der Waals surface area contributed by atoms with Crippen LogP contribution in [0.25, 0.3) is 0 Å². The number of rotatable bonds is 9. The summed E-state index contributed by atoms with van der Waals surface area (Å²) in [6, 6.07) is 0.494. The van der Waals surface area contributed by atoms with Crippen LogP contribution in [0.4, 0.5) is 0 Å². The summed E-state index contributed by atoms with van der Waals surface area (Å²) in [4.78, 5) is 0. The molecule has 0 aromatic carbocycles. The zero-order chi connectivity index (χ0) is 14.1. The molecule has 4 unspecified atom stereocenters. The van der Waals surface area contributed by atoms with E-state index < -0.39 is 0 Å². The molecule has 1 aliphatic carbocycles. The van der Waals surface area contributed by atoms with Crippen molar-refractivity contribution in [2.24, 2.45) is 11.8 Å². The van der Waals surface area contributed by atoms with Crippen LogP contribution in [-0.4, -0.2) is 52.7 Å². The summed E-state index contributed by atoms with van der Waals surface area (Å²) in [5, 5.41) is 3.41. The fraction of sp³-hybridized carbons (Fsp3) is 1.00. The molecule has 1 rings (SSSR count). The lowest BCUT2D eigenvalue weighted by Crippen LogP contribution is -2.48. The third kappa shape index (κ3) is 6.21. The summed E-state index contributed by atoms with van der Waals surface area (Å²) in [5.74, 6) is 1.43. The SMILES string of the molecule is CNC1CC(C)CC(C)C1OCCCOCCOC. The van der Waals surface area contributed by atoms with Gasteiger partial charge in [-0.3, -0.25) is 0 Å². The normalized spacial score (nSPS) is 31.6. The lowest BCUT2D eigenvalue weighted by Gasteiger charge is -2.39. The first-order valence-corrected chi connectivity index (χ1v) is 7.54. The second kappa shape index (κ2) is 9.70. The van der Waals surface area contributed by atoms with Crippen LogP contribution in [0, 0.1) is 11.8 Å². The zero-order valence-electron chi connectivity index (χ0n) is 13.0. The zero-order valence-corrected chi connectivity index (χ0v) is 13.0.